The van der Waals surface area contributed by atoms with Gasteiger partial charge in [0.05, 0.1) is 0 Å². The van der Waals surface area contributed by atoms with E-state index in [1.807, 2.05) is 18.2 Å². The van der Waals surface area contributed by atoms with Crippen molar-refractivity contribution >= 4 is 9.42 Å². The summed E-state index contributed by atoms with van der Waals surface area (Å²) in [5, 5.41) is 0. The van der Waals surface area contributed by atoms with Crippen molar-refractivity contribution in [2.75, 3.05) is 0 Å². The molecule has 0 rings (SSSR count). The molecule has 0 nitrogen and oxygen atoms in total. The Labute approximate surface area is 76.8 Å². The molecule has 0 saturated carbocycles. The van der Waals surface area contributed by atoms with Crippen LogP contribution in [0, 0.1) is 0 Å². The van der Waals surface area contributed by atoms with Crippen LogP contribution in [-0.4, -0.2) is 0 Å². The van der Waals surface area contributed by atoms with Gasteiger partial charge in [-0.25, -0.2) is 0 Å². The van der Waals surface area contributed by atoms with Crippen LogP contribution in [-0.2, 0) is 15.0 Å². The van der Waals surface area contributed by atoms with Crippen molar-refractivity contribution in [2.45, 2.75) is 14.4 Å². The molecule has 0 aromatic heterocycles. The average Bonchev–Trinajstić information content (AvgIpc) is 1.88. The van der Waals surface area contributed by atoms with Gasteiger partial charge in [-0.15, -0.1) is 0 Å². The maximum atomic E-state index is 6.42. The molecule has 0 aliphatic heterocycles. The second-order valence-corrected chi connectivity index (χ2v) is 13.3. The predicted molar refractivity (Wildman–Crippen MR) is 50.9 cm³/mol. The van der Waals surface area contributed by atoms with Crippen LogP contribution in [0.2, 0.25) is 14.4 Å². The van der Waals surface area contributed by atoms with Crippen LogP contribution in [0.25, 0.3) is 0 Å². The normalized spacial score (nSPS) is 12.1. The summed E-state index contributed by atoms with van der Waals surface area (Å²) in [5.74, 6) is 0. The van der Waals surface area contributed by atoms with Gasteiger partial charge in [-0.2, -0.15) is 0 Å². The molecule has 0 unspecified atom stereocenters. The summed E-state index contributed by atoms with van der Waals surface area (Å²) < 4.78 is 0. The first-order valence-electron chi connectivity index (χ1n) is 3.47. The molecule has 0 fully saturated rings. The molecular formula is C9H15ClMo. The minimum atomic E-state index is -2.15. The molecule has 0 aromatic carbocycles. The molecule has 0 atom stereocenters. The molecule has 0 aromatic rings. The van der Waals surface area contributed by atoms with Crippen molar-refractivity contribution in [3.05, 3.63) is 38.0 Å². The van der Waals surface area contributed by atoms with Gasteiger partial charge in [0.2, 0.25) is 0 Å². The SMILES string of the molecule is C=C[CH2][Mo]([Cl])([CH2]C=C)[CH2]C=C. The van der Waals surface area contributed by atoms with Crippen molar-refractivity contribution < 1.29 is 15.0 Å². The summed E-state index contributed by atoms with van der Waals surface area (Å²) in [7, 11) is 6.42. The summed E-state index contributed by atoms with van der Waals surface area (Å²) in [5.41, 5.74) is 0. The number of allylic oxidation sites excluding steroid dienone is 3. The van der Waals surface area contributed by atoms with Crippen LogP contribution < -0.4 is 0 Å². The van der Waals surface area contributed by atoms with E-state index >= 15 is 0 Å². The first-order valence-corrected chi connectivity index (χ1v) is 10.3. The molecule has 0 heterocycles. The Morgan fingerprint density at radius 2 is 1.18 bits per heavy atom. The van der Waals surface area contributed by atoms with E-state index in [-0.39, 0.29) is 0 Å². The van der Waals surface area contributed by atoms with Crippen LogP contribution in [0.4, 0.5) is 0 Å². The Hall–Kier alpha value is 0.198. The molecule has 0 radical (unpaired) electrons. The van der Waals surface area contributed by atoms with E-state index in [4.69, 9.17) is 9.42 Å². The van der Waals surface area contributed by atoms with Gasteiger partial charge in [0.15, 0.2) is 0 Å². The van der Waals surface area contributed by atoms with Crippen LogP contribution in [0.3, 0.4) is 0 Å². The van der Waals surface area contributed by atoms with Gasteiger partial charge >= 0.3 is 76.8 Å². The number of rotatable bonds is 6. The van der Waals surface area contributed by atoms with Gasteiger partial charge in [-0.05, 0) is 0 Å². The Morgan fingerprint density at radius 3 is 1.36 bits per heavy atom. The second-order valence-electron chi connectivity index (χ2n) is 2.31. The van der Waals surface area contributed by atoms with Crippen LogP contribution in [0.15, 0.2) is 38.0 Å². The zero-order valence-corrected chi connectivity index (χ0v) is 9.52. The van der Waals surface area contributed by atoms with E-state index in [0.29, 0.717) is 0 Å². The van der Waals surface area contributed by atoms with E-state index in [9.17, 15) is 0 Å². The number of hydrogen-bond acceptors (Lipinski definition) is 0. The molecule has 0 aliphatic carbocycles. The molecule has 0 spiro atoms. The molecular weight excluding hydrogens is 239 g/mol. The number of hydrogen-bond donors (Lipinski definition) is 0. The average molecular weight is 255 g/mol. The van der Waals surface area contributed by atoms with Crippen molar-refractivity contribution in [3.63, 3.8) is 0 Å². The van der Waals surface area contributed by atoms with Crippen LogP contribution in [0.5, 0.6) is 0 Å². The molecule has 64 valence electrons. The van der Waals surface area contributed by atoms with E-state index in [2.05, 4.69) is 19.7 Å². The Morgan fingerprint density at radius 1 is 0.909 bits per heavy atom. The summed E-state index contributed by atoms with van der Waals surface area (Å²) in [6.07, 6.45) is 5.75. The van der Waals surface area contributed by atoms with E-state index in [1.54, 1.807) is 0 Å². The summed E-state index contributed by atoms with van der Waals surface area (Å²) >= 11 is -2.15. The second kappa shape index (κ2) is 5.80. The van der Waals surface area contributed by atoms with Gasteiger partial charge in [0.25, 0.3) is 0 Å². The monoisotopic (exact) mass is 256 g/mol. The number of halogens is 1. The third kappa shape index (κ3) is 4.61. The first kappa shape index (κ1) is 11.2. The zero-order chi connectivity index (χ0) is 8.74. The van der Waals surface area contributed by atoms with Gasteiger partial charge in [-0.1, -0.05) is 0 Å². The fourth-order valence-corrected chi connectivity index (χ4v) is 6.54. The van der Waals surface area contributed by atoms with Gasteiger partial charge in [0, 0.05) is 0 Å². The molecule has 0 N–H and O–H groups in total. The molecule has 2 heteroatoms. The van der Waals surface area contributed by atoms with Crippen molar-refractivity contribution in [1.82, 2.24) is 0 Å². The predicted octanol–water partition coefficient (Wildman–Crippen LogP) is 4.11. The van der Waals surface area contributed by atoms with Crippen LogP contribution >= 0.6 is 9.42 Å². The van der Waals surface area contributed by atoms with E-state index < -0.39 is 15.0 Å². The third-order valence-electron chi connectivity index (χ3n) is 1.25. The molecule has 0 amide bonds. The minimum absolute atomic E-state index is 0.988. The van der Waals surface area contributed by atoms with Gasteiger partial charge in [0.1, 0.15) is 0 Å². The van der Waals surface area contributed by atoms with E-state index in [0.717, 1.165) is 14.4 Å². The Balaban J connectivity index is 4.09. The van der Waals surface area contributed by atoms with Crippen molar-refractivity contribution in [1.29, 1.82) is 0 Å². The van der Waals surface area contributed by atoms with Crippen molar-refractivity contribution in [3.8, 4) is 0 Å². The quantitative estimate of drug-likeness (QED) is 0.494. The standard InChI is InChI=1S/3C3H5.ClH.Mo/c3*1-3-2;;/h3*3H,1-2H2;1H;/q;;;;+1/p-1. The molecule has 0 bridgehead atoms. The topological polar surface area (TPSA) is 0 Å². The van der Waals surface area contributed by atoms with Gasteiger partial charge in [-0.3, -0.25) is 0 Å². The summed E-state index contributed by atoms with van der Waals surface area (Å²) in [6.45, 7) is 11.1. The Kier molecular flexibility index (Phi) is 5.90. The summed E-state index contributed by atoms with van der Waals surface area (Å²) in [6, 6.07) is 0. The maximum absolute atomic E-state index is 6.42. The van der Waals surface area contributed by atoms with E-state index in [1.165, 1.54) is 0 Å². The van der Waals surface area contributed by atoms with Gasteiger partial charge < -0.3 is 0 Å². The first-order chi connectivity index (χ1) is 5.18. The fraction of sp³-hybridized carbons (Fsp3) is 0.333. The van der Waals surface area contributed by atoms with Crippen molar-refractivity contribution in [2.24, 2.45) is 0 Å². The fourth-order valence-electron chi connectivity index (χ4n) is 0.838. The molecule has 0 aliphatic rings. The Bertz CT molecular complexity index is 125. The molecule has 0 saturated heterocycles. The molecule has 11 heavy (non-hydrogen) atoms. The zero-order valence-electron chi connectivity index (χ0n) is 6.76. The summed E-state index contributed by atoms with van der Waals surface area (Å²) in [4.78, 5) is 2.96. The third-order valence-corrected chi connectivity index (χ3v) is 9.63. The van der Waals surface area contributed by atoms with Crippen LogP contribution in [0.1, 0.15) is 0 Å².